The van der Waals surface area contributed by atoms with Gasteiger partial charge in [0.2, 0.25) is 5.91 Å². The molecule has 0 bridgehead atoms. The summed E-state index contributed by atoms with van der Waals surface area (Å²) in [7, 11) is 1.76. The second kappa shape index (κ2) is 6.32. The molecule has 0 radical (unpaired) electrons. The molecule has 0 unspecified atom stereocenters. The van der Waals surface area contributed by atoms with Gasteiger partial charge in [0, 0.05) is 13.0 Å². The van der Waals surface area contributed by atoms with E-state index in [9.17, 15) is 4.79 Å². The Labute approximate surface area is 102 Å². The predicted molar refractivity (Wildman–Crippen MR) is 64.0 cm³/mol. The third kappa shape index (κ3) is 3.80. The molecule has 0 saturated carbocycles. The summed E-state index contributed by atoms with van der Waals surface area (Å²) in [6.07, 6.45) is 3.11. The highest BCUT2D eigenvalue weighted by atomic mass is 16.1. The van der Waals surface area contributed by atoms with E-state index >= 15 is 0 Å². The maximum Gasteiger partial charge on any atom is 0.223 e. The molecule has 0 saturated heterocycles. The topological polar surface area (TPSA) is 72.7 Å². The van der Waals surface area contributed by atoms with Crippen LogP contribution < -0.4 is 5.32 Å². The number of tetrazole rings is 1. The number of nitrogens with one attached hydrogen (secondary N) is 1. The molecule has 96 valence electrons. The van der Waals surface area contributed by atoms with Gasteiger partial charge in [0.1, 0.15) is 0 Å². The number of carbonyl (C=O) groups is 1. The van der Waals surface area contributed by atoms with Gasteiger partial charge in [0.05, 0.1) is 6.04 Å². The lowest BCUT2D eigenvalue weighted by Crippen LogP contribution is -2.32. The number of unbranched alkanes of at least 4 members (excludes halogenated alkanes) is 1. The van der Waals surface area contributed by atoms with Crippen molar-refractivity contribution in [3.8, 4) is 0 Å². The lowest BCUT2D eigenvalue weighted by molar-refractivity contribution is -0.125. The van der Waals surface area contributed by atoms with Crippen LogP contribution in [0.4, 0.5) is 0 Å². The van der Waals surface area contributed by atoms with E-state index in [2.05, 4.69) is 27.8 Å². The van der Waals surface area contributed by atoms with Gasteiger partial charge in [-0.05, 0) is 23.8 Å². The number of amides is 1. The molecule has 1 heterocycles. The van der Waals surface area contributed by atoms with Crippen LogP contribution in [0.3, 0.4) is 0 Å². The molecule has 2 atom stereocenters. The van der Waals surface area contributed by atoms with Gasteiger partial charge in [-0.25, -0.2) is 4.68 Å². The van der Waals surface area contributed by atoms with Crippen molar-refractivity contribution in [3.05, 3.63) is 5.82 Å². The Morgan fingerprint density at radius 3 is 2.71 bits per heavy atom. The average molecular weight is 239 g/mol. The van der Waals surface area contributed by atoms with E-state index in [1.165, 1.54) is 0 Å². The summed E-state index contributed by atoms with van der Waals surface area (Å²) >= 11 is 0. The SMILES string of the molecule is CCCC[C@H](C)C(=O)N[C@H](C)c1nnnn1C. The Hall–Kier alpha value is -1.46. The first-order chi connectivity index (χ1) is 8.06. The van der Waals surface area contributed by atoms with Gasteiger partial charge in [-0.2, -0.15) is 0 Å². The minimum Gasteiger partial charge on any atom is -0.346 e. The standard InChI is InChI=1S/C11H21N5O/c1-5-6-7-8(2)11(17)12-9(3)10-13-14-15-16(10)4/h8-9H,5-7H2,1-4H3,(H,12,17)/t8-,9+/m0/s1. The highest BCUT2D eigenvalue weighted by Crippen LogP contribution is 2.11. The van der Waals surface area contributed by atoms with Gasteiger partial charge < -0.3 is 5.32 Å². The van der Waals surface area contributed by atoms with Crippen LogP contribution in [-0.2, 0) is 11.8 Å². The van der Waals surface area contributed by atoms with Crippen molar-refractivity contribution in [1.82, 2.24) is 25.5 Å². The molecule has 1 N–H and O–H groups in total. The second-order valence-electron chi connectivity index (χ2n) is 4.43. The highest BCUT2D eigenvalue weighted by Gasteiger charge is 2.18. The molecule has 1 aromatic rings. The number of hydrogen-bond acceptors (Lipinski definition) is 4. The Morgan fingerprint density at radius 1 is 1.47 bits per heavy atom. The fourth-order valence-corrected chi connectivity index (χ4v) is 1.66. The molecule has 0 spiro atoms. The van der Waals surface area contributed by atoms with Crippen LogP contribution >= 0.6 is 0 Å². The lowest BCUT2D eigenvalue weighted by Gasteiger charge is -2.16. The molecule has 0 aromatic carbocycles. The predicted octanol–water partition coefficient (Wildman–Crippen LogP) is 1.21. The van der Waals surface area contributed by atoms with Gasteiger partial charge >= 0.3 is 0 Å². The van der Waals surface area contributed by atoms with Crippen LogP contribution in [0, 0.1) is 5.92 Å². The van der Waals surface area contributed by atoms with E-state index in [0.29, 0.717) is 5.82 Å². The van der Waals surface area contributed by atoms with Crippen molar-refractivity contribution in [1.29, 1.82) is 0 Å². The maximum atomic E-state index is 11.9. The number of rotatable bonds is 6. The zero-order chi connectivity index (χ0) is 12.8. The molecule has 0 aliphatic rings. The third-order valence-corrected chi connectivity index (χ3v) is 2.84. The molecular weight excluding hydrogens is 218 g/mol. The molecular formula is C11H21N5O. The van der Waals surface area contributed by atoms with Crippen LogP contribution in [-0.4, -0.2) is 26.1 Å². The number of nitrogens with zero attached hydrogens (tertiary/aromatic N) is 4. The summed E-state index contributed by atoms with van der Waals surface area (Å²) in [6.45, 7) is 5.96. The van der Waals surface area contributed by atoms with Crippen molar-refractivity contribution in [3.63, 3.8) is 0 Å². The molecule has 17 heavy (non-hydrogen) atoms. The first kappa shape index (κ1) is 13.6. The summed E-state index contributed by atoms with van der Waals surface area (Å²) in [4.78, 5) is 11.9. The van der Waals surface area contributed by atoms with E-state index in [1.54, 1.807) is 11.7 Å². The van der Waals surface area contributed by atoms with E-state index < -0.39 is 0 Å². The fourth-order valence-electron chi connectivity index (χ4n) is 1.66. The Bertz CT molecular complexity index is 362. The van der Waals surface area contributed by atoms with E-state index in [0.717, 1.165) is 19.3 Å². The number of hydrogen-bond donors (Lipinski definition) is 1. The lowest BCUT2D eigenvalue weighted by atomic mass is 10.0. The molecule has 1 rings (SSSR count). The molecule has 0 aliphatic carbocycles. The summed E-state index contributed by atoms with van der Waals surface area (Å²) in [5.74, 6) is 0.772. The molecule has 1 aromatic heterocycles. The van der Waals surface area contributed by atoms with Crippen molar-refractivity contribution in [2.75, 3.05) is 0 Å². The van der Waals surface area contributed by atoms with Crippen LogP contribution in [0.1, 0.15) is 51.9 Å². The van der Waals surface area contributed by atoms with Gasteiger partial charge in [-0.15, -0.1) is 5.10 Å². The number of aryl methyl sites for hydroxylation is 1. The van der Waals surface area contributed by atoms with E-state index in [-0.39, 0.29) is 17.9 Å². The first-order valence-corrected chi connectivity index (χ1v) is 6.08. The molecule has 0 fully saturated rings. The van der Waals surface area contributed by atoms with Gasteiger partial charge in [0.15, 0.2) is 5.82 Å². The Kier molecular flexibility index (Phi) is 5.06. The summed E-state index contributed by atoms with van der Waals surface area (Å²) < 4.78 is 1.57. The van der Waals surface area contributed by atoms with Crippen molar-refractivity contribution in [2.45, 2.75) is 46.1 Å². The van der Waals surface area contributed by atoms with E-state index in [1.807, 2.05) is 13.8 Å². The zero-order valence-electron chi connectivity index (χ0n) is 11.0. The van der Waals surface area contributed by atoms with Crippen LogP contribution in [0.5, 0.6) is 0 Å². The van der Waals surface area contributed by atoms with Crippen LogP contribution in [0.2, 0.25) is 0 Å². The summed E-state index contributed by atoms with van der Waals surface area (Å²) in [5, 5.41) is 14.1. The fraction of sp³-hybridized carbons (Fsp3) is 0.818. The van der Waals surface area contributed by atoms with Crippen LogP contribution in [0.25, 0.3) is 0 Å². The Balaban J connectivity index is 2.48. The monoisotopic (exact) mass is 239 g/mol. The minimum absolute atomic E-state index is 0.0404. The smallest absolute Gasteiger partial charge is 0.223 e. The van der Waals surface area contributed by atoms with Gasteiger partial charge in [0.25, 0.3) is 0 Å². The normalized spacial score (nSPS) is 14.4. The van der Waals surface area contributed by atoms with Gasteiger partial charge in [-0.3, -0.25) is 4.79 Å². The summed E-state index contributed by atoms with van der Waals surface area (Å²) in [6, 6.07) is -0.161. The average Bonchev–Trinajstić information content (AvgIpc) is 2.72. The molecule has 6 heteroatoms. The second-order valence-corrected chi connectivity index (χ2v) is 4.43. The van der Waals surface area contributed by atoms with E-state index in [4.69, 9.17) is 0 Å². The molecule has 1 amide bonds. The summed E-state index contributed by atoms with van der Waals surface area (Å²) in [5.41, 5.74) is 0. The highest BCUT2D eigenvalue weighted by molar-refractivity contribution is 5.78. The minimum atomic E-state index is -0.161. The van der Waals surface area contributed by atoms with Crippen molar-refractivity contribution in [2.24, 2.45) is 13.0 Å². The van der Waals surface area contributed by atoms with Crippen molar-refractivity contribution >= 4 is 5.91 Å². The van der Waals surface area contributed by atoms with Crippen LogP contribution in [0.15, 0.2) is 0 Å². The van der Waals surface area contributed by atoms with Gasteiger partial charge in [-0.1, -0.05) is 26.7 Å². The molecule has 6 nitrogen and oxygen atoms in total. The number of carbonyl (C=O) groups excluding carboxylic acids is 1. The first-order valence-electron chi connectivity index (χ1n) is 6.08. The quantitative estimate of drug-likeness (QED) is 0.810. The maximum absolute atomic E-state index is 11.9. The largest absolute Gasteiger partial charge is 0.346 e. The number of aromatic nitrogens is 4. The Morgan fingerprint density at radius 2 is 2.18 bits per heavy atom. The van der Waals surface area contributed by atoms with Crippen molar-refractivity contribution < 1.29 is 4.79 Å². The zero-order valence-corrected chi connectivity index (χ0v) is 11.0. The third-order valence-electron chi connectivity index (χ3n) is 2.84. The molecule has 0 aliphatic heterocycles.